The lowest BCUT2D eigenvalue weighted by molar-refractivity contribution is 0.101. The Balaban J connectivity index is 1.75. The fourth-order valence-electron chi connectivity index (χ4n) is 1.72. The summed E-state index contributed by atoms with van der Waals surface area (Å²) in [4.78, 5) is 16.0. The first kappa shape index (κ1) is 11.5. The summed E-state index contributed by atoms with van der Waals surface area (Å²) >= 11 is 0. The molecular formula is C12H12N4O3. The lowest BCUT2D eigenvalue weighted by Crippen LogP contribution is -2.13. The van der Waals surface area contributed by atoms with Crippen molar-refractivity contribution in [3.63, 3.8) is 0 Å². The molecule has 0 bridgehead atoms. The van der Waals surface area contributed by atoms with Crippen LogP contribution in [-0.4, -0.2) is 27.9 Å². The molecule has 2 aromatic rings. The molecule has 0 spiro atoms. The number of amides is 1. The summed E-state index contributed by atoms with van der Waals surface area (Å²) in [6.45, 7) is 2.13. The molecule has 98 valence electrons. The van der Waals surface area contributed by atoms with E-state index < -0.39 is 0 Å². The number of rotatable bonds is 3. The van der Waals surface area contributed by atoms with Crippen molar-refractivity contribution in [3.8, 4) is 11.5 Å². The Morgan fingerprint density at radius 1 is 1.42 bits per heavy atom. The first-order valence-corrected chi connectivity index (χ1v) is 5.88. The number of ether oxygens (including phenoxy) is 2. The number of nitrogens with zero attached hydrogens (tertiary/aromatic N) is 2. The average molecular weight is 260 g/mol. The maximum absolute atomic E-state index is 11.9. The lowest BCUT2D eigenvalue weighted by Gasteiger charge is -2.03. The van der Waals surface area contributed by atoms with E-state index >= 15 is 0 Å². The van der Waals surface area contributed by atoms with Crippen LogP contribution in [0.2, 0.25) is 0 Å². The number of hydrogen-bond acceptors (Lipinski definition) is 5. The lowest BCUT2D eigenvalue weighted by atomic mass is 10.3. The molecule has 0 atom stereocenters. The summed E-state index contributed by atoms with van der Waals surface area (Å²) in [5, 5.41) is 9.25. The zero-order valence-corrected chi connectivity index (χ0v) is 10.3. The second-order valence-electron chi connectivity index (χ2n) is 3.98. The molecule has 7 heteroatoms. The fraction of sp³-hybridized carbons (Fsp3) is 0.250. The number of aryl methyl sites for hydroxylation is 1. The minimum atomic E-state index is -0.366. The molecule has 0 unspecified atom stereocenters. The van der Waals surface area contributed by atoms with Crippen LogP contribution >= 0.6 is 0 Å². The molecule has 1 aromatic carbocycles. The van der Waals surface area contributed by atoms with Gasteiger partial charge in [-0.25, -0.2) is 4.98 Å². The van der Waals surface area contributed by atoms with E-state index in [2.05, 4.69) is 20.5 Å². The summed E-state index contributed by atoms with van der Waals surface area (Å²) in [5.41, 5.74) is 0.608. The second-order valence-corrected chi connectivity index (χ2v) is 3.98. The number of anilines is 1. The molecule has 0 aliphatic carbocycles. The van der Waals surface area contributed by atoms with Crippen molar-refractivity contribution in [2.45, 2.75) is 13.3 Å². The van der Waals surface area contributed by atoms with Gasteiger partial charge in [-0.15, -0.1) is 5.10 Å². The molecule has 1 aromatic heterocycles. The largest absolute Gasteiger partial charge is 0.454 e. The molecule has 7 nitrogen and oxygen atoms in total. The van der Waals surface area contributed by atoms with Crippen LogP contribution in [0.4, 0.5) is 5.69 Å². The monoisotopic (exact) mass is 260 g/mol. The molecule has 1 amide bonds. The van der Waals surface area contributed by atoms with Gasteiger partial charge in [-0.2, -0.15) is 0 Å². The third-order valence-corrected chi connectivity index (χ3v) is 2.70. The van der Waals surface area contributed by atoms with Gasteiger partial charge in [0, 0.05) is 18.2 Å². The summed E-state index contributed by atoms with van der Waals surface area (Å²) in [7, 11) is 0. The molecule has 0 saturated carbocycles. The van der Waals surface area contributed by atoms with Gasteiger partial charge in [0.25, 0.3) is 5.91 Å². The van der Waals surface area contributed by atoms with Crippen LogP contribution in [0, 0.1) is 0 Å². The van der Waals surface area contributed by atoms with Crippen LogP contribution in [-0.2, 0) is 6.42 Å². The van der Waals surface area contributed by atoms with Crippen molar-refractivity contribution in [1.82, 2.24) is 15.2 Å². The van der Waals surface area contributed by atoms with E-state index in [0.29, 0.717) is 29.4 Å². The highest BCUT2D eigenvalue weighted by Crippen LogP contribution is 2.34. The van der Waals surface area contributed by atoms with Crippen molar-refractivity contribution in [2.24, 2.45) is 0 Å². The van der Waals surface area contributed by atoms with Crippen LogP contribution in [0.5, 0.6) is 11.5 Å². The Bertz CT molecular complexity index is 623. The van der Waals surface area contributed by atoms with E-state index in [-0.39, 0.29) is 18.5 Å². The van der Waals surface area contributed by atoms with Crippen LogP contribution in [0.1, 0.15) is 23.4 Å². The van der Waals surface area contributed by atoms with Gasteiger partial charge in [-0.3, -0.25) is 9.89 Å². The maximum Gasteiger partial charge on any atom is 0.295 e. The molecule has 1 aliphatic rings. The van der Waals surface area contributed by atoms with Crippen molar-refractivity contribution in [1.29, 1.82) is 0 Å². The van der Waals surface area contributed by atoms with E-state index in [4.69, 9.17) is 9.47 Å². The summed E-state index contributed by atoms with van der Waals surface area (Å²) in [6, 6.07) is 5.18. The van der Waals surface area contributed by atoms with Crippen LogP contribution in [0.3, 0.4) is 0 Å². The molecular weight excluding hydrogens is 248 g/mol. The molecule has 0 fully saturated rings. The number of benzene rings is 1. The van der Waals surface area contributed by atoms with Gasteiger partial charge in [0.1, 0.15) is 5.82 Å². The first-order valence-electron chi connectivity index (χ1n) is 5.88. The van der Waals surface area contributed by atoms with E-state index in [9.17, 15) is 4.79 Å². The molecule has 2 N–H and O–H groups in total. The summed E-state index contributed by atoms with van der Waals surface area (Å²) in [6.07, 6.45) is 0.699. The average Bonchev–Trinajstić information content (AvgIpc) is 3.06. The fourth-order valence-corrected chi connectivity index (χ4v) is 1.72. The number of aromatic nitrogens is 3. The van der Waals surface area contributed by atoms with Crippen LogP contribution in [0.25, 0.3) is 0 Å². The highest BCUT2D eigenvalue weighted by atomic mass is 16.7. The Hall–Kier alpha value is -2.57. The zero-order valence-electron chi connectivity index (χ0n) is 10.3. The van der Waals surface area contributed by atoms with Gasteiger partial charge in [0.2, 0.25) is 12.6 Å². The second kappa shape index (κ2) is 4.60. The minimum Gasteiger partial charge on any atom is -0.454 e. The third-order valence-electron chi connectivity index (χ3n) is 2.70. The summed E-state index contributed by atoms with van der Waals surface area (Å²) in [5.74, 6) is 1.71. The first-order chi connectivity index (χ1) is 9.26. The predicted octanol–water partition coefficient (Wildman–Crippen LogP) is 1.35. The number of nitrogens with one attached hydrogen (secondary N) is 2. The van der Waals surface area contributed by atoms with Crippen molar-refractivity contribution < 1.29 is 14.3 Å². The van der Waals surface area contributed by atoms with Gasteiger partial charge in [0.15, 0.2) is 11.5 Å². The van der Waals surface area contributed by atoms with Crippen molar-refractivity contribution in [3.05, 3.63) is 29.8 Å². The van der Waals surface area contributed by atoms with Gasteiger partial charge < -0.3 is 14.8 Å². The molecule has 0 radical (unpaired) electrons. The summed E-state index contributed by atoms with van der Waals surface area (Å²) < 4.78 is 10.4. The Labute approximate surface area is 108 Å². The smallest absolute Gasteiger partial charge is 0.295 e. The normalized spacial score (nSPS) is 12.5. The number of fused-ring (bicyclic) bond motifs is 1. The molecule has 0 saturated heterocycles. The Morgan fingerprint density at radius 2 is 2.26 bits per heavy atom. The quantitative estimate of drug-likeness (QED) is 0.869. The number of aromatic amines is 1. The number of H-pyrrole nitrogens is 1. The maximum atomic E-state index is 11.9. The predicted molar refractivity (Wildman–Crippen MR) is 66.3 cm³/mol. The van der Waals surface area contributed by atoms with Gasteiger partial charge in [-0.1, -0.05) is 6.92 Å². The van der Waals surface area contributed by atoms with Gasteiger partial charge in [-0.05, 0) is 12.1 Å². The third kappa shape index (κ3) is 2.22. The van der Waals surface area contributed by atoms with E-state index in [0.717, 1.165) is 0 Å². The molecule has 2 heterocycles. The Morgan fingerprint density at radius 3 is 3.05 bits per heavy atom. The van der Waals surface area contributed by atoms with E-state index in [1.165, 1.54) is 0 Å². The standard InChI is InChI=1S/C12H12N4O3/c1-2-10-14-11(16-15-10)12(17)13-7-3-4-8-9(5-7)19-6-18-8/h3-5H,2,6H2,1H3,(H,13,17)(H,14,15,16). The van der Waals surface area contributed by atoms with E-state index in [1.54, 1.807) is 18.2 Å². The van der Waals surface area contributed by atoms with Crippen molar-refractivity contribution >= 4 is 11.6 Å². The van der Waals surface area contributed by atoms with Crippen molar-refractivity contribution in [2.75, 3.05) is 12.1 Å². The number of carbonyl (C=O) groups is 1. The van der Waals surface area contributed by atoms with Crippen LogP contribution in [0.15, 0.2) is 18.2 Å². The number of hydrogen-bond donors (Lipinski definition) is 2. The SMILES string of the molecule is CCc1nc(C(=O)Nc2ccc3c(c2)OCO3)n[nH]1. The van der Waals surface area contributed by atoms with Gasteiger partial charge in [0.05, 0.1) is 0 Å². The zero-order chi connectivity index (χ0) is 13.2. The van der Waals surface area contributed by atoms with E-state index in [1.807, 2.05) is 6.92 Å². The molecule has 3 rings (SSSR count). The highest BCUT2D eigenvalue weighted by molar-refractivity contribution is 6.01. The van der Waals surface area contributed by atoms with Crippen LogP contribution < -0.4 is 14.8 Å². The molecule has 1 aliphatic heterocycles. The van der Waals surface area contributed by atoms with Gasteiger partial charge >= 0.3 is 0 Å². The molecule has 19 heavy (non-hydrogen) atoms. The Kier molecular flexibility index (Phi) is 2.79. The topological polar surface area (TPSA) is 89.1 Å². The highest BCUT2D eigenvalue weighted by Gasteiger charge is 2.16. The minimum absolute atomic E-state index is 0.120. The number of carbonyl (C=O) groups excluding carboxylic acids is 1.